The maximum atomic E-state index is 13.5. The van der Waals surface area contributed by atoms with Crippen molar-refractivity contribution in [2.24, 2.45) is 0 Å². The first kappa shape index (κ1) is 17.7. The zero-order chi connectivity index (χ0) is 17.5. The lowest BCUT2D eigenvalue weighted by molar-refractivity contribution is 0.214. The molecule has 2 aromatic rings. The summed E-state index contributed by atoms with van der Waals surface area (Å²) in [5.74, 6) is 0.0864. The van der Waals surface area contributed by atoms with Crippen LogP contribution in [0.1, 0.15) is 30.1 Å². The molecule has 0 aliphatic carbocycles. The Morgan fingerprint density at radius 2 is 1.92 bits per heavy atom. The number of amides is 2. The first-order chi connectivity index (χ1) is 11.5. The quantitative estimate of drug-likeness (QED) is 0.762. The maximum Gasteiger partial charge on any atom is 0.315 e. The van der Waals surface area contributed by atoms with Crippen LogP contribution in [0.15, 0.2) is 48.5 Å². The summed E-state index contributed by atoms with van der Waals surface area (Å²) >= 11 is 0. The van der Waals surface area contributed by atoms with Crippen molar-refractivity contribution in [3.05, 3.63) is 65.5 Å². The molecule has 2 atom stereocenters. The Balaban J connectivity index is 2.05. The Hall–Kier alpha value is -2.60. The minimum atomic E-state index is -0.521. The molecule has 3 N–H and O–H groups in total. The number of rotatable bonds is 6. The van der Waals surface area contributed by atoms with Crippen molar-refractivity contribution in [2.45, 2.75) is 19.0 Å². The molecule has 6 heteroatoms. The Kier molecular flexibility index (Phi) is 6.14. The predicted molar refractivity (Wildman–Crippen MR) is 89.3 cm³/mol. The number of aliphatic hydroxyl groups is 1. The summed E-state index contributed by atoms with van der Waals surface area (Å²) in [6, 6.07) is 11.8. The molecule has 0 aliphatic heterocycles. The van der Waals surface area contributed by atoms with Gasteiger partial charge in [0.05, 0.1) is 25.8 Å². The Morgan fingerprint density at radius 1 is 1.21 bits per heavy atom. The number of ether oxygens (including phenoxy) is 1. The summed E-state index contributed by atoms with van der Waals surface area (Å²) in [6.45, 7) is 1.50. The summed E-state index contributed by atoms with van der Waals surface area (Å²) in [5.41, 5.74) is 1.33. The summed E-state index contributed by atoms with van der Waals surface area (Å²) < 4.78 is 18.6. The van der Waals surface area contributed by atoms with Gasteiger partial charge in [0.15, 0.2) is 0 Å². The van der Waals surface area contributed by atoms with Crippen molar-refractivity contribution in [3.63, 3.8) is 0 Å². The fourth-order valence-corrected chi connectivity index (χ4v) is 2.44. The van der Waals surface area contributed by atoms with Gasteiger partial charge < -0.3 is 20.5 Å². The first-order valence-electron chi connectivity index (χ1n) is 7.61. The van der Waals surface area contributed by atoms with E-state index in [2.05, 4.69) is 10.6 Å². The van der Waals surface area contributed by atoms with Crippen LogP contribution in [0.2, 0.25) is 0 Å². The van der Waals surface area contributed by atoms with Gasteiger partial charge in [0.25, 0.3) is 0 Å². The standard InChI is InChI=1S/C18H21FN2O3/c1-12(15-10-14(19)8-9-17(15)24-2)20-18(23)21-16(11-22)13-6-4-3-5-7-13/h3-10,12,16,22H,11H2,1-2H3,(H2,20,21,23)/t12-,16-/m1/s1. The van der Waals surface area contributed by atoms with Crippen LogP contribution in [0.5, 0.6) is 5.75 Å². The van der Waals surface area contributed by atoms with Gasteiger partial charge in [0.2, 0.25) is 0 Å². The van der Waals surface area contributed by atoms with E-state index >= 15 is 0 Å². The molecule has 2 aromatic carbocycles. The van der Waals surface area contributed by atoms with Crippen molar-refractivity contribution in [2.75, 3.05) is 13.7 Å². The van der Waals surface area contributed by atoms with E-state index in [-0.39, 0.29) is 6.61 Å². The average molecular weight is 332 g/mol. The van der Waals surface area contributed by atoms with Gasteiger partial charge in [0, 0.05) is 5.56 Å². The number of urea groups is 1. The van der Waals surface area contributed by atoms with Crippen molar-refractivity contribution < 1.29 is 19.0 Å². The number of carbonyl (C=O) groups excluding carboxylic acids is 1. The van der Waals surface area contributed by atoms with Crippen molar-refractivity contribution in [1.82, 2.24) is 10.6 Å². The highest BCUT2D eigenvalue weighted by Crippen LogP contribution is 2.25. The van der Waals surface area contributed by atoms with Crippen LogP contribution in [0.3, 0.4) is 0 Å². The van der Waals surface area contributed by atoms with Gasteiger partial charge in [-0.1, -0.05) is 30.3 Å². The molecule has 0 saturated carbocycles. The summed E-state index contributed by atoms with van der Waals surface area (Å²) in [7, 11) is 1.49. The summed E-state index contributed by atoms with van der Waals surface area (Å²) in [4.78, 5) is 12.2. The minimum absolute atomic E-state index is 0.227. The van der Waals surface area contributed by atoms with E-state index in [9.17, 15) is 14.3 Å². The van der Waals surface area contributed by atoms with E-state index in [0.29, 0.717) is 11.3 Å². The number of hydrogen-bond acceptors (Lipinski definition) is 3. The second kappa shape index (κ2) is 8.31. The van der Waals surface area contributed by atoms with Crippen LogP contribution in [-0.4, -0.2) is 24.9 Å². The van der Waals surface area contributed by atoms with E-state index in [1.165, 1.54) is 25.3 Å². The van der Waals surface area contributed by atoms with Gasteiger partial charge >= 0.3 is 6.03 Å². The van der Waals surface area contributed by atoms with Crippen LogP contribution in [-0.2, 0) is 0 Å². The Morgan fingerprint density at radius 3 is 2.54 bits per heavy atom. The van der Waals surface area contributed by atoms with Gasteiger partial charge in [-0.3, -0.25) is 0 Å². The number of methoxy groups -OCH3 is 1. The van der Waals surface area contributed by atoms with E-state index in [0.717, 1.165) is 5.56 Å². The number of nitrogens with one attached hydrogen (secondary N) is 2. The molecule has 2 rings (SSSR count). The molecule has 0 aromatic heterocycles. The molecule has 0 radical (unpaired) electrons. The van der Waals surface area contributed by atoms with Crippen molar-refractivity contribution in [3.8, 4) is 5.75 Å². The average Bonchev–Trinajstić information content (AvgIpc) is 2.60. The fraction of sp³-hybridized carbons (Fsp3) is 0.278. The molecular formula is C18H21FN2O3. The van der Waals surface area contributed by atoms with Gasteiger partial charge in [-0.05, 0) is 30.7 Å². The fourth-order valence-electron chi connectivity index (χ4n) is 2.44. The van der Waals surface area contributed by atoms with E-state index < -0.39 is 23.9 Å². The minimum Gasteiger partial charge on any atom is -0.496 e. The second-order valence-corrected chi connectivity index (χ2v) is 5.37. The molecule has 0 spiro atoms. The van der Waals surface area contributed by atoms with Crippen LogP contribution >= 0.6 is 0 Å². The smallest absolute Gasteiger partial charge is 0.315 e. The SMILES string of the molecule is COc1ccc(F)cc1[C@@H](C)NC(=O)N[C@H](CO)c1ccccc1. The van der Waals surface area contributed by atoms with E-state index in [4.69, 9.17) is 4.74 Å². The molecule has 0 saturated heterocycles. The molecule has 0 bridgehead atoms. The number of aliphatic hydroxyl groups excluding tert-OH is 1. The lowest BCUT2D eigenvalue weighted by atomic mass is 10.1. The molecule has 0 unspecified atom stereocenters. The van der Waals surface area contributed by atoms with Crippen molar-refractivity contribution in [1.29, 1.82) is 0 Å². The van der Waals surface area contributed by atoms with Crippen LogP contribution in [0.4, 0.5) is 9.18 Å². The highest BCUT2D eigenvalue weighted by atomic mass is 19.1. The van der Waals surface area contributed by atoms with Crippen molar-refractivity contribution >= 4 is 6.03 Å². The summed E-state index contributed by atoms with van der Waals surface area (Å²) in [5, 5.41) is 14.9. The highest BCUT2D eigenvalue weighted by Gasteiger charge is 2.18. The van der Waals surface area contributed by atoms with Crippen LogP contribution < -0.4 is 15.4 Å². The Labute approximate surface area is 140 Å². The molecule has 5 nitrogen and oxygen atoms in total. The number of benzene rings is 2. The molecule has 128 valence electrons. The monoisotopic (exact) mass is 332 g/mol. The number of halogens is 1. The second-order valence-electron chi connectivity index (χ2n) is 5.37. The van der Waals surface area contributed by atoms with E-state index in [1.54, 1.807) is 6.92 Å². The molecule has 2 amide bonds. The maximum absolute atomic E-state index is 13.5. The lowest BCUT2D eigenvalue weighted by Gasteiger charge is -2.21. The normalized spacial score (nSPS) is 13.0. The number of carbonyl (C=O) groups is 1. The third-order valence-electron chi connectivity index (χ3n) is 3.70. The van der Waals surface area contributed by atoms with Gasteiger partial charge in [-0.15, -0.1) is 0 Å². The largest absolute Gasteiger partial charge is 0.496 e. The predicted octanol–water partition coefficient (Wildman–Crippen LogP) is 2.93. The molecule has 0 aliphatic rings. The van der Waals surface area contributed by atoms with E-state index in [1.807, 2.05) is 30.3 Å². The topological polar surface area (TPSA) is 70.6 Å². The molecule has 0 fully saturated rings. The van der Waals surface area contributed by atoms with Gasteiger partial charge in [0.1, 0.15) is 11.6 Å². The molecule has 0 heterocycles. The first-order valence-corrected chi connectivity index (χ1v) is 7.61. The van der Waals surface area contributed by atoms with Gasteiger partial charge in [-0.25, -0.2) is 9.18 Å². The molecular weight excluding hydrogens is 311 g/mol. The van der Waals surface area contributed by atoms with Gasteiger partial charge in [-0.2, -0.15) is 0 Å². The van der Waals surface area contributed by atoms with Crippen LogP contribution in [0, 0.1) is 5.82 Å². The zero-order valence-electron chi connectivity index (χ0n) is 13.6. The number of hydrogen-bond donors (Lipinski definition) is 3. The highest BCUT2D eigenvalue weighted by molar-refractivity contribution is 5.75. The molecule has 24 heavy (non-hydrogen) atoms. The Bertz CT molecular complexity index is 679. The summed E-state index contributed by atoms with van der Waals surface area (Å²) in [6.07, 6.45) is 0. The van der Waals surface area contributed by atoms with Crippen LogP contribution in [0.25, 0.3) is 0 Å². The lowest BCUT2D eigenvalue weighted by Crippen LogP contribution is -2.40. The third kappa shape index (κ3) is 4.45. The third-order valence-corrected chi connectivity index (χ3v) is 3.70. The zero-order valence-corrected chi connectivity index (χ0v) is 13.6.